The summed E-state index contributed by atoms with van der Waals surface area (Å²) in [6.07, 6.45) is 0. The highest BCUT2D eigenvalue weighted by Crippen LogP contribution is 2.22. The molecule has 2 rings (SSSR count). The quantitative estimate of drug-likeness (QED) is 0.851. The molecule has 0 spiro atoms. The van der Waals surface area contributed by atoms with E-state index in [9.17, 15) is 4.79 Å². The van der Waals surface area contributed by atoms with E-state index >= 15 is 0 Å². The van der Waals surface area contributed by atoms with Gasteiger partial charge in [0.05, 0.1) is 0 Å². The molecule has 0 saturated heterocycles. The predicted molar refractivity (Wildman–Crippen MR) is 78.9 cm³/mol. The van der Waals surface area contributed by atoms with Gasteiger partial charge in [0.25, 0.3) is 0 Å². The van der Waals surface area contributed by atoms with E-state index in [4.69, 9.17) is 16.3 Å². The van der Waals surface area contributed by atoms with Crippen molar-refractivity contribution in [2.75, 3.05) is 0 Å². The van der Waals surface area contributed by atoms with Crippen molar-refractivity contribution in [2.45, 2.75) is 33.3 Å². The van der Waals surface area contributed by atoms with Crippen LogP contribution in [0.4, 0.5) is 0 Å². The summed E-state index contributed by atoms with van der Waals surface area (Å²) in [6.45, 7) is 7.26. The fraction of sp³-hybridized carbons (Fsp3) is 0.333. The molecule has 20 heavy (non-hydrogen) atoms. The minimum atomic E-state index is -0.543. The van der Waals surface area contributed by atoms with Crippen molar-refractivity contribution in [3.05, 3.63) is 40.7 Å². The van der Waals surface area contributed by atoms with Gasteiger partial charge in [0.1, 0.15) is 11.4 Å². The van der Waals surface area contributed by atoms with Gasteiger partial charge in [-0.1, -0.05) is 23.7 Å². The van der Waals surface area contributed by atoms with Crippen LogP contribution in [0.5, 0.6) is 0 Å². The van der Waals surface area contributed by atoms with E-state index in [0.29, 0.717) is 22.2 Å². The molecule has 0 aliphatic rings. The number of aromatic amines is 1. The molecule has 1 aromatic heterocycles. The van der Waals surface area contributed by atoms with Gasteiger partial charge in [0.2, 0.25) is 0 Å². The molecule has 1 aromatic carbocycles. The van der Waals surface area contributed by atoms with Crippen LogP contribution < -0.4 is 0 Å². The number of ether oxygens (including phenoxy) is 1. The molecule has 0 unspecified atom stereocenters. The minimum Gasteiger partial charge on any atom is -0.455 e. The normalized spacial score (nSPS) is 11.4. The van der Waals surface area contributed by atoms with Gasteiger partial charge in [0, 0.05) is 16.3 Å². The molecule has 0 aliphatic carbocycles. The van der Waals surface area contributed by atoms with E-state index in [2.05, 4.69) is 9.97 Å². The largest absolute Gasteiger partial charge is 0.455 e. The Hall–Kier alpha value is -1.81. The summed E-state index contributed by atoms with van der Waals surface area (Å²) >= 11 is 5.96. The van der Waals surface area contributed by atoms with E-state index in [0.717, 1.165) is 5.56 Å². The second-order valence-electron chi connectivity index (χ2n) is 5.57. The highest BCUT2D eigenvalue weighted by molar-refractivity contribution is 6.30. The minimum absolute atomic E-state index is 0.301. The maximum absolute atomic E-state index is 12.1. The molecular formula is C15H17ClN2O2. The van der Waals surface area contributed by atoms with Gasteiger partial charge in [-0.15, -0.1) is 0 Å². The molecule has 0 amide bonds. The van der Waals surface area contributed by atoms with Crippen molar-refractivity contribution < 1.29 is 9.53 Å². The number of aromatic nitrogens is 2. The van der Waals surface area contributed by atoms with Gasteiger partial charge in [-0.2, -0.15) is 0 Å². The predicted octanol–water partition coefficient (Wildman–Crippen LogP) is 3.99. The molecule has 0 atom stereocenters. The summed E-state index contributed by atoms with van der Waals surface area (Å²) in [5.41, 5.74) is 1.26. The van der Waals surface area contributed by atoms with Crippen molar-refractivity contribution in [1.29, 1.82) is 0 Å². The van der Waals surface area contributed by atoms with E-state index in [1.54, 1.807) is 19.1 Å². The number of aryl methyl sites for hydroxylation is 1. The van der Waals surface area contributed by atoms with Gasteiger partial charge in [0.15, 0.2) is 5.69 Å². The van der Waals surface area contributed by atoms with Crippen molar-refractivity contribution in [3.8, 4) is 11.4 Å². The monoisotopic (exact) mass is 292 g/mol. The molecule has 106 valence electrons. The Balaban J connectivity index is 2.33. The second kappa shape index (κ2) is 5.29. The Kier molecular flexibility index (Phi) is 3.86. The topological polar surface area (TPSA) is 55.0 Å². The number of carbonyl (C=O) groups is 1. The molecular weight excluding hydrogens is 276 g/mol. The number of carbonyl (C=O) groups excluding carboxylic acids is 1. The maximum Gasteiger partial charge on any atom is 0.359 e. The Morgan fingerprint density at radius 3 is 2.65 bits per heavy atom. The number of hydrogen-bond acceptors (Lipinski definition) is 3. The van der Waals surface area contributed by atoms with Crippen LogP contribution in [0.3, 0.4) is 0 Å². The lowest BCUT2D eigenvalue weighted by molar-refractivity contribution is 0.00627. The zero-order valence-electron chi connectivity index (χ0n) is 12.0. The number of nitrogens with one attached hydrogen (secondary N) is 1. The SMILES string of the molecule is Cc1[nH]c(-c2cccc(Cl)c2)nc1C(=O)OC(C)(C)C. The lowest BCUT2D eigenvalue weighted by Gasteiger charge is -2.18. The van der Waals surface area contributed by atoms with Crippen LogP contribution in [-0.4, -0.2) is 21.5 Å². The van der Waals surface area contributed by atoms with Gasteiger partial charge in [-0.25, -0.2) is 9.78 Å². The summed E-state index contributed by atoms with van der Waals surface area (Å²) in [4.78, 5) is 19.5. The van der Waals surface area contributed by atoms with Crippen LogP contribution in [0.15, 0.2) is 24.3 Å². The summed E-state index contributed by atoms with van der Waals surface area (Å²) < 4.78 is 5.33. The van der Waals surface area contributed by atoms with E-state index in [-0.39, 0.29) is 0 Å². The van der Waals surface area contributed by atoms with Gasteiger partial charge >= 0.3 is 5.97 Å². The molecule has 0 radical (unpaired) electrons. The van der Waals surface area contributed by atoms with Gasteiger partial charge in [-0.3, -0.25) is 0 Å². The van der Waals surface area contributed by atoms with Crippen LogP contribution in [0, 0.1) is 6.92 Å². The van der Waals surface area contributed by atoms with Crippen LogP contribution in [0.25, 0.3) is 11.4 Å². The molecule has 0 aliphatic heterocycles. The highest BCUT2D eigenvalue weighted by atomic mass is 35.5. The van der Waals surface area contributed by atoms with Crippen LogP contribution in [0.2, 0.25) is 5.02 Å². The van der Waals surface area contributed by atoms with E-state index in [1.165, 1.54) is 0 Å². The van der Waals surface area contributed by atoms with E-state index < -0.39 is 11.6 Å². The molecule has 5 heteroatoms. The van der Waals surface area contributed by atoms with E-state index in [1.807, 2.05) is 32.9 Å². The third kappa shape index (κ3) is 3.39. The Labute approximate surface area is 123 Å². The number of halogens is 1. The summed E-state index contributed by atoms with van der Waals surface area (Å²) in [5, 5.41) is 0.621. The standard InChI is InChI=1S/C15H17ClN2O2/c1-9-12(14(19)20-15(2,3)4)18-13(17-9)10-6-5-7-11(16)8-10/h5-8H,1-4H3,(H,17,18). The molecule has 0 bridgehead atoms. The number of imidazole rings is 1. The van der Waals surface area contributed by atoms with Crippen LogP contribution >= 0.6 is 11.6 Å². The first kappa shape index (κ1) is 14.6. The van der Waals surface area contributed by atoms with Gasteiger partial charge < -0.3 is 9.72 Å². The molecule has 4 nitrogen and oxygen atoms in total. The number of rotatable bonds is 2. The Morgan fingerprint density at radius 1 is 1.35 bits per heavy atom. The molecule has 1 N–H and O–H groups in total. The summed E-state index contributed by atoms with van der Waals surface area (Å²) in [6, 6.07) is 7.29. The van der Waals surface area contributed by atoms with Crippen molar-refractivity contribution >= 4 is 17.6 Å². The molecule has 0 saturated carbocycles. The third-order valence-corrected chi connectivity index (χ3v) is 2.81. The van der Waals surface area contributed by atoms with Gasteiger partial charge in [-0.05, 0) is 39.8 Å². The van der Waals surface area contributed by atoms with Crippen LogP contribution in [-0.2, 0) is 4.74 Å². The average molecular weight is 293 g/mol. The first-order valence-corrected chi connectivity index (χ1v) is 6.70. The van der Waals surface area contributed by atoms with Crippen molar-refractivity contribution in [2.24, 2.45) is 0 Å². The molecule has 0 fully saturated rings. The average Bonchev–Trinajstić information content (AvgIpc) is 2.69. The zero-order chi connectivity index (χ0) is 14.9. The first-order valence-electron chi connectivity index (χ1n) is 6.32. The number of esters is 1. The highest BCUT2D eigenvalue weighted by Gasteiger charge is 2.22. The lowest BCUT2D eigenvalue weighted by atomic mass is 10.2. The Bertz CT molecular complexity index is 642. The Morgan fingerprint density at radius 2 is 2.05 bits per heavy atom. The van der Waals surface area contributed by atoms with Crippen molar-refractivity contribution in [3.63, 3.8) is 0 Å². The summed E-state index contributed by atoms with van der Waals surface area (Å²) in [5.74, 6) is 0.172. The maximum atomic E-state index is 12.1. The summed E-state index contributed by atoms with van der Waals surface area (Å²) in [7, 11) is 0. The second-order valence-corrected chi connectivity index (χ2v) is 6.01. The van der Waals surface area contributed by atoms with Crippen LogP contribution in [0.1, 0.15) is 37.0 Å². The number of H-pyrrole nitrogens is 1. The number of hydrogen-bond donors (Lipinski definition) is 1. The smallest absolute Gasteiger partial charge is 0.359 e. The fourth-order valence-corrected chi connectivity index (χ4v) is 1.95. The molecule has 1 heterocycles. The number of nitrogens with zero attached hydrogens (tertiary/aromatic N) is 1. The zero-order valence-corrected chi connectivity index (χ0v) is 12.7. The number of benzene rings is 1. The fourth-order valence-electron chi connectivity index (χ4n) is 1.76. The first-order chi connectivity index (χ1) is 9.26. The van der Waals surface area contributed by atoms with Crippen molar-refractivity contribution in [1.82, 2.24) is 9.97 Å². The third-order valence-electron chi connectivity index (χ3n) is 2.58. The lowest BCUT2D eigenvalue weighted by Crippen LogP contribution is -2.24. The molecule has 2 aromatic rings.